The summed E-state index contributed by atoms with van der Waals surface area (Å²) in [7, 11) is 0. The van der Waals surface area contributed by atoms with Gasteiger partial charge >= 0.3 is 23.9 Å². The van der Waals surface area contributed by atoms with Gasteiger partial charge in [-0.25, -0.2) is 4.79 Å². The monoisotopic (exact) mass is 1100 g/mol. The number of carboxylic acid groups (broad SMARTS) is 1. The zero-order valence-corrected chi connectivity index (χ0v) is 48.5. The topological polar surface area (TPSA) is 175 Å². The SMILES string of the molecule is CC/C=C\C/C=C\C/C=C\C/C=C\C/C=C\CCCCCC(=O)OC1C(OCC(COC(=O)CCC/C=C\C/C=C\C/C=C\C/C=C\C/C=C\CC)OC(=O)CCCCCCC/C=C\C/C=C\CCC)OC(C(=O)O)C(O)C1O. The van der Waals surface area contributed by atoms with E-state index in [2.05, 4.69) is 161 Å². The van der Waals surface area contributed by atoms with Crippen LogP contribution < -0.4 is 0 Å². The number of esters is 3. The van der Waals surface area contributed by atoms with Crippen molar-refractivity contribution < 1.29 is 58.2 Å². The molecule has 0 saturated carbocycles. The molecule has 0 amide bonds. The van der Waals surface area contributed by atoms with Crippen LogP contribution in [0.2, 0.25) is 0 Å². The molecule has 0 aromatic rings. The third-order valence-electron chi connectivity index (χ3n) is 12.4. The van der Waals surface area contributed by atoms with Crippen LogP contribution in [0.5, 0.6) is 0 Å². The molecule has 79 heavy (non-hydrogen) atoms. The summed E-state index contributed by atoms with van der Waals surface area (Å²) >= 11 is 0. The lowest BCUT2D eigenvalue weighted by Crippen LogP contribution is -2.61. The highest BCUT2D eigenvalue weighted by Crippen LogP contribution is 2.26. The molecule has 1 fully saturated rings. The normalized spacial score (nSPS) is 18.9. The van der Waals surface area contributed by atoms with Gasteiger partial charge in [-0.15, -0.1) is 0 Å². The zero-order valence-electron chi connectivity index (χ0n) is 48.5. The lowest BCUT2D eigenvalue weighted by atomic mass is 9.98. The molecular formula is C67H102O12. The fourth-order valence-electron chi connectivity index (χ4n) is 7.88. The van der Waals surface area contributed by atoms with Crippen LogP contribution in [0.3, 0.4) is 0 Å². The van der Waals surface area contributed by atoms with Crippen molar-refractivity contribution in [2.24, 2.45) is 0 Å². The fourth-order valence-corrected chi connectivity index (χ4v) is 7.88. The van der Waals surface area contributed by atoms with Gasteiger partial charge in [0, 0.05) is 19.3 Å². The van der Waals surface area contributed by atoms with E-state index < -0.39 is 67.3 Å². The van der Waals surface area contributed by atoms with Crippen molar-refractivity contribution in [3.05, 3.63) is 146 Å². The number of carbonyl (C=O) groups excluding carboxylic acids is 3. The van der Waals surface area contributed by atoms with Crippen LogP contribution in [0, 0.1) is 0 Å². The van der Waals surface area contributed by atoms with Gasteiger partial charge in [0.1, 0.15) is 18.8 Å². The minimum atomic E-state index is -1.93. The van der Waals surface area contributed by atoms with Crippen molar-refractivity contribution in [3.63, 3.8) is 0 Å². The van der Waals surface area contributed by atoms with Gasteiger partial charge < -0.3 is 39.0 Å². The molecule has 3 N–H and O–H groups in total. The first-order valence-electron chi connectivity index (χ1n) is 29.8. The number of ether oxygens (including phenoxy) is 5. The van der Waals surface area contributed by atoms with Crippen LogP contribution in [0.15, 0.2) is 146 Å². The summed E-state index contributed by atoms with van der Waals surface area (Å²) in [5.41, 5.74) is 0. The summed E-state index contributed by atoms with van der Waals surface area (Å²) in [6, 6.07) is 0. The van der Waals surface area contributed by atoms with E-state index in [0.29, 0.717) is 25.7 Å². The van der Waals surface area contributed by atoms with Crippen LogP contribution in [-0.2, 0) is 42.9 Å². The summed E-state index contributed by atoms with van der Waals surface area (Å²) in [5.74, 6) is -3.29. The molecule has 0 radical (unpaired) electrons. The van der Waals surface area contributed by atoms with E-state index in [-0.39, 0.29) is 25.9 Å². The average molecular weight is 1100 g/mol. The van der Waals surface area contributed by atoms with Gasteiger partial charge in [0.25, 0.3) is 0 Å². The molecule has 6 atom stereocenters. The second-order valence-electron chi connectivity index (χ2n) is 19.5. The molecule has 0 spiro atoms. The molecule has 1 heterocycles. The van der Waals surface area contributed by atoms with Gasteiger partial charge in [-0.2, -0.15) is 0 Å². The molecule has 12 nitrogen and oxygen atoms in total. The van der Waals surface area contributed by atoms with Gasteiger partial charge in [-0.1, -0.05) is 199 Å². The molecule has 1 aliphatic rings. The zero-order chi connectivity index (χ0) is 57.5. The van der Waals surface area contributed by atoms with Crippen molar-refractivity contribution in [1.29, 1.82) is 0 Å². The summed E-state index contributed by atoms with van der Waals surface area (Å²) in [6.45, 7) is 5.60. The maximum absolute atomic E-state index is 13.1. The average Bonchev–Trinajstić information content (AvgIpc) is 3.46. The minimum absolute atomic E-state index is 0.00535. The van der Waals surface area contributed by atoms with Gasteiger partial charge in [-0.3, -0.25) is 14.4 Å². The first-order valence-corrected chi connectivity index (χ1v) is 29.8. The number of hydrogen-bond donors (Lipinski definition) is 3. The lowest BCUT2D eigenvalue weighted by molar-refractivity contribution is -0.301. The number of unbranched alkanes of at least 4 members (excludes halogenated alkanes) is 10. The van der Waals surface area contributed by atoms with Crippen molar-refractivity contribution in [2.45, 2.75) is 237 Å². The number of allylic oxidation sites excluding steroid dienone is 24. The molecule has 1 rings (SSSR count). The van der Waals surface area contributed by atoms with E-state index in [1.165, 1.54) is 0 Å². The Kier molecular flexibility index (Phi) is 48.3. The standard InChI is InChI=1S/C67H102O12/c1-4-7-10-13-16-19-22-25-27-29-30-32-34-37-40-43-46-49-52-55-61(70)78-65-63(72)62(71)64(66(73)74)79-67(65)76-57-58(77-60(69)54-51-48-45-42-39-35-24-21-18-15-12-9-6-3)56-75-59(68)53-50-47-44-41-38-36-33-31-28-26-23-20-17-14-11-8-5-2/h7-8,10-12,15-17,19-21,24-28,30,32-33,36-37,40-41,44,58,62-65,67,71-72H,4-6,9,13-14,18,22-23,29,31,34-35,38-39,42-43,45-57H2,1-3H3,(H,73,74)/b10-7-,11-8-,15-12-,19-16-,20-17-,24-21-,27-25-,28-26-,32-30-,36-33-,40-37-,44-41-. The molecule has 12 heteroatoms. The quantitative estimate of drug-likeness (QED) is 0.0228. The van der Waals surface area contributed by atoms with Gasteiger partial charge in [0.05, 0.1) is 6.61 Å². The van der Waals surface area contributed by atoms with Crippen molar-refractivity contribution in [3.8, 4) is 0 Å². The van der Waals surface area contributed by atoms with Crippen LogP contribution >= 0.6 is 0 Å². The Hall–Kier alpha value is -5.40. The number of aliphatic hydroxyl groups is 2. The second-order valence-corrected chi connectivity index (χ2v) is 19.5. The van der Waals surface area contributed by atoms with Crippen LogP contribution in [0.25, 0.3) is 0 Å². The fraction of sp³-hybridized carbons (Fsp3) is 0.582. The Morgan fingerprint density at radius 2 is 0.810 bits per heavy atom. The molecule has 0 aromatic heterocycles. The van der Waals surface area contributed by atoms with Gasteiger partial charge in [0.2, 0.25) is 0 Å². The first-order chi connectivity index (χ1) is 38.6. The van der Waals surface area contributed by atoms with E-state index in [1.54, 1.807) is 0 Å². The van der Waals surface area contributed by atoms with Crippen LogP contribution in [-0.4, -0.2) is 89.2 Å². The molecule has 442 valence electrons. The number of aliphatic hydroxyl groups excluding tert-OH is 2. The first kappa shape index (κ1) is 71.6. The second kappa shape index (κ2) is 53.3. The third kappa shape index (κ3) is 43.1. The highest BCUT2D eigenvalue weighted by molar-refractivity contribution is 5.74. The molecule has 6 unspecified atom stereocenters. The minimum Gasteiger partial charge on any atom is -0.479 e. The molecular weight excluding hydrogens is 997 g/mol. The Bertz CT molecular complexity index is 1930. The van der Waals surface area contributed by atoms with Crippen LogP contribution in [0.4, 0.5) is 0 Å². The number of aliphatic carboxylic acids is 1. The maximum atomic E-state index is 13.1. The third-order valence-corrected chi connectivity index (χ3v) is 12.4. The summed E-state index contributed by atoms with van der Waals surface area (Å²) in [4.78, 5) is 51.1. The summed E-state index contributed by atoms with van der Waals surface area (Å²) in [6.07, 6.45) is 63.9. The summed E-state index contributed by atoms with van der Waals surface area (Å²) < 4.78 is 28.3. The Morgan fingerprint density at radius 1 is 0.430 bits per heavy atom. The van der Waals surface area contributed by atoms with Crippen molar-refractivity contribution in [2.75, 3.05) is 13.2 Å². The molecule has 1 aliphatic heterocycles. The largest absolute Gasteiger partial charge is 0.479 e. The Labute approximate surface area is 476 Å². The predicted octanol–water partition coefficient (Wildman–Crippen LogP) is 15.6. The maximum Gasteiger partial charge on any atom is 0.335 e. The van der Waals surface area contributed by atoms with E-state index in [0.717, 1.165) is 135 Å². The van der Waals surface area contributed by atoms with E-state index in [4.69, 9.17) is 23.7 Å². The van der Waals surface area contributed by atoms with Crippen molar-refractivity contribution >= 4 is 23.9 Å². The predicted molar refractivity (Wildman–Crippen MR) is 321 cm³/mol. The lowest BCUT2D eigenvalue weighted by Gasteiger charge is -2.40. The van der Waals surface area contributed by atoms with Gasteiger partial charge in [0.15, 0.2) is 24.6 Å². The number of carbonyl (C=O) groups is 4. The molecule has 1 saturated heterocycles. The number of carboxylic acids is 1. The molecule has 0 aromatic carbocycles. The summed E-state index contributed by atoms with van der Waals surface area (Å²) in [5, 5.41) is 31.5. The highest BCUT2D eigenvalue weighted by atomic mass is 16.7. The highest BCUT2D eigenvalue weighted by Gasteiger charge is 2.50. The van der Waals surface area contributed by atoms with E-state index in [9.17, 15) is 34.5 Å². The molecule has 0 aliphatic carbocycles. The number of hydrogen-bond acceptors (Lipinski definition) is 11. The van der Waals surface area contributed by atoms with E-state index >= 15 is 0 Å². The Balaban J connectivity index is 2.75. The smallest absolute Gasteiger partial charge is 0.335 e. The van der Waals surface area contributed by atoms with Crippen molar-refractivity contribution in [1.82, 2.24) is 0 Å². The van der Waals surface area contributed by atoms with Gasteiger partial charge in [-0.05, 0) is 128 Å². The number of rotatable bonds is 48. The van der Waals surface area contributed by atoms with E-state index in [1.807, 2.05) is 6.08 Å². The molecule has 0 bridgehead atoms. The van der Waals surface area contributed by atoms with Crippen LogP contribution in [0.1, 0.15) is 201 Å². The Morgan fingerprint density at radius 3 is 1.27 bits per heavy atom.